The number of esters is 1. The van der Waals surface area contributed by atoms with Gasteiger partial charge in [-0.1, -0.05) is 48.5 Å². The molecular weight excluding hydrogens is 342 g/mol. The van der Waals surface area contributed by atoms with Crippen molar-refractivity contribution in [3.63, 3.8) is 0 Å². The summed E-state index contributed by atoms with van der Waals surface area (Å²) in [5.74, 6) is -0.987. The minimum Gasteiger partial charge on any atom is -0.464 e. The predicted molar refractivity (Wildman–Crippen MR) is 94.9 cm³/mol. The van der Waals surface area contributed by atoms with Gasteiger partial charge in [0.05, 0.1) is 6.61 Å². The van der Waals surface area contributed by atoms with Crippen molar-refractivity contribution >= 4 is 17.7 Å². The number of benzene rings is 2. The van der Waals surface area contributed by atoms with Crippen molar-refractivity contribution in [3.8, 4) is 0 Å². The van der Waals surface area contributed by atoms with E-state index in [4.69, 9.17) is 4.74 Å². The van der Waals surface area contributed by atoms with Gasteiger partial charge < -0.3 is 9.84 Å². The average Bonchev–Trinajstić information content (AvgIpc) is 2.62. The minimum absolute atomic E-state index is 0.0438. The van der Waals surface area contributed by atoms with Crippen molar-refractivity contribution in [1.29, 1.82) is 0 Å². The molecule has 0 heterocycles. The average molecular weight is 361 g/mol. The highest BCUT2D eigenvalue weighted by Gasteiger charge is 2.44. The lowest BCUT2D eigenvalue weighted by atomic mass is 10.0. The number of hydrogen-bond donors (Lipinski definition) is 1. The first-order valence-electron chi connectivity index (χ1n) is 7.79. The van der Waals surface area contributed by atoms with E-state index in [2.05, 4.69) is 0 Å². The van der Waals surface area contributed by atoms with Gasteiger partial charge in [0.1, 0.15) is 5.25 Å². The molecule has 0 saturated carbocycles. The van der Waals surface area contributed by atoms with E-state index < -0.39 is 28.3 Å². The third-order valence-corrected chi connectivity index (χ3v) is 4.89. The van der Waals surface area contributed by atoms with Crippen molar-refractivity contribution in [2.24, 2.45) is 0 Å². The smallest absolute Gasteiger partial charge is 0.342 e. The molecule has 0 aliphatic carbocycles. The molecule has 2 rings (SSSR count). The van der Waals surface area contributed by atoms with Crippen LogP contribution in [0.3, 0.4) is 0 Å². The summed E-state index contributed by atoms with van der Waals surface area (Å²) < 4.78 is 4.77. The number of carbonyl (C=O) groups is 1. The Morgan fingerprint density at radius 2 is 1.72 bits per heavy atom. The summed E-state index contributed by atoms with van der Waals surface area (Å²) in [4.78, 5) is 23.8. The van der Waals surface area contributed by atoms with Crippen molar-refractivity contribution in [2.45, 2.75) is 29.2 Å². The summed E-state index contributed by atoms with van der Waals surface area (Å²) in [5, 5.41) is 21.2. The van der Waals surface area contributed by atoms with Crippen LogP contribution in [-0.2, 0) is 9.53 Å². The van der Waals surface area contributed by atoms with Crippen LogP contribution in [0.1, 0.15) is 17.7 Å². The number of ether oxygens (including phenoxy) is 1. The van der Waals surface area contributed by atoms with Gasteiger partial charge >= 0.3 is 5.97 Å². The first-order chi connectivity index (χ1) is 12.0. The van der Waals surface area contributed by atoms with Crippen molar-refractivity contribution < 1.29 is 19.6 Å². The Kier molecular flexibility index (Phi) is 6.97. The zero-order valence-corrected chi connectivity index (χ0v) is 14.5. The predicted octanol–water partition coefficient (Wildman–Crippen LogP) is 3.09. The molecule has 7 heteroatoms. The van der Waals surface area contributed by atoms with Gasteiger partial charge in [0.25, 0.3) is 6.04 Å². The SMILES string of the molecule is CCOC(=O)[C@@H](O)[C@@H]([C@@H](Sc1ccccc1)c1ccccc1)[N+](=O)[O-]. The lowest BCUT2D eigenvalue weighted by Crippen LogP contribution is -2.43. The van der Waals surface area contributed by atoms with Crippen LogP contribution in [0.15, 0.2) is 65.6 Å². The summed E-state index contributed by atoms with van der Waals surface area (Å²) in [6.07, 6.45) is -1.85. The van der Waals surface area contributed by atoms with Gasteiger partial charge in [-0.25, -0.2) is 4.79 Å². The van der Waals surface area contributed by atoms with E-state index in [1.54, 1.807) is 37.3 Å². The molecule has 0 fully saturated rings. The highest BCUT2D eigenvalue weighted by atomic mass is 32.2. The number of rotatable bonds is 8. The fraction of sp³-hybridized carbons (Fsp3) is 0.278. The lowest BCUT2D eigenvalue weighted by Gasteiger charge is -2.23. The molecule has 0 saturated heterocycles. The number of nitrogens with zero attached hydrogens (tertiary/aromatic N) is 1. The van der Waals surface area contributed by atoms with E-state index in [0.29, 0.717) is 5.56 Å². The standard InChI is InChI=1S/C18H19NO5S/c1-2-24-18(21)16(20)15(19(22)23)17(13-9-5-3-6-10-13)25-14-11-7-4-8-12-14/h3-12,15-17,20H,2H2,1H3/t15-,16-,17-/m0/s1. The monoisotopic (exact) mass is 361 g/mol. The third-order valence-electron chi connectivity index (χ3n) is 3.54. The maximum absolute atomic E-state index is 11.9. The maximum Gasteiger partial charge on any atom is 0.342 e. The number of carbonyl (C=O) groups excluding carboxylic acids is 1. The second-order valence-electron chi connectivity index (χ2n) is 5.24. The Bertz CT molecular complexity index is 695. The Labute approximate surface area is 150 Å². The molecule has 0 aromatic heterocycles. The van der Waals surface area contributed by atoms with Crippen LogP contribution in [-0.4, -0.2) is 34.8 Å². The van der Waals surface area contributed by atoms with Crippen LogP contribution in [0.4, 0.5) is 0 Å². The molecule has 0 radical (unpaired) electrons. The summed E-state index contributed by atoms with van der Waals surface area (Å²) in [6.45, 7) is 1.63. The van der Waals surface area contributed by atoms with Gasteiger partial charge in [0, 0.05) is 9.82 Å². The highest BCUT2D eigenvalue weighted by molar-refractivity contribution is 7.99. The molecule has 0 bridgehead atoms. The van der Waals surface area contributed by atoms with Gasteiger partial charge in [-0.3, -0.25) is 10.1 Å². The quantitative estimate of drug-likeness (QED) is 0.336. The maximum atomic E-state index is 11.9. The number of hydrogen-bond acceptors (Lipinski definition) is 6. The Morgan fingerprint density at radius 1 is 1.16 bits per heavy atom. The Balaban J connectivity index is 2.40. The third kappa shape index (κ3) is 5.04. The van der Waals surface area contributed by atoms with E-state index >= 15 is 0 Å². The number of aliphatic hydroxyl groups is 1. The van der Waals surface area contributed by atoms with E-state index in [-0.39, 0.29) is 6.61 Å². The summed E-state index contributed by atoms with van der Waals surface area (Å²) in [7, 11) is 0. The first kappa shape index (κ1) is 19.0. The molecule has 0 unspecified atom stereocenters. The van der Waals surface area contributed by atoms with Gasteiger partial charge in [-0.05, 0) is 24.6 Å². The van der Waals surface area contributed by atoms with Crippen molar-refractivity contribution in [2.75, 3.05) is 6.61 Å². The molecule has 0 aliphatic rings. The second kappa shape index (κ2) is 9.19. The molecule has 2 aromatic rings. The molecule has 0 aliphatic heterocycles. The molecule has 2 aromatic carbocycles. The van der Waals surface area contributed by atoms with E-state index in [1.165, 1.54) is 11.8 Å². The fourth-order valence-corrected chi connectivity index (χ4v) is 3.67. The molecule has 0 spiro atoms. The van der Waals surface area contributed by atoms with Crippen molar-refractivity contribution in [3.05, 3.63) is 76.3 Å². The second-order valence-corrected chi connectivity index (χ2v) is 6.45. The fourth-order valence-electron chi connectivity index (χ4n) is 2.38. The van der Waals surface area contributed by atoms with Crippen molar-refractivity contribution in [1.82, 2.24) is 0 Å². The largest absolute Gasteiger partial charge is 0.464 e. The van der Waals surface area contributed by atoms with E-state index in [1.807, 2.05) is 30.3 Å². The van der Waals surface area contributed by atoms with Gasteiger partial charge in [-0.2, -0.15) is 0 Å². The molecule has 6 nitrogen and oxygen atoms in total. The van der Waals surface area contributed by atoms with Crippen LogP contribution in [0.5, 0.6) is 0 Å². The first-order valence-corrected chi connectivity index (χ1v) is 8.67. The molecule has 25 heavy (non-hydrogen) atoms. The van der Waals surface area contributed by atoms with Gasteiger partial charge in [0.2, 0.25) is 6.10 Å². The minimum atomic E-state index is -1.85. The number of aliphatic hydroxyl groups excluding tert-OH is 1. The molecule has 3 atom stereocenters. The van der Waals surface area contributed by atoms with Crippen LogP contribution < -0.4 is 0 Å². The van der Waals surface area contributed by atoms with E-state index in [0.717, 1.165) is 4.90 Å². The number of thioether (sulfide) groups is 1. The zero-order chi connectivity index (χ0) is 18.2. The lowest BCUT2D eigenvalue weighted by molar-refractivity contribution is -0.531. The van der Waals surface area contributed by atoms with E-state index in [9.17, 15) is 20.0 Å². The van der Waals surface area contributed by atoms with Crippen LogP contribution in [0.2, 0.25) is 0 Å². The van der Waals surface area contributed by atoms with Crippen LogP contribution in [0.25, 0.3) is 0 Å². The number of nitro groups is 1. The normalized spacial score (nSPS) is 14.3. The Morgan fingerprint density at radius 3 is 2.24 bits per heavy atom. The molecule has 0 amide bonds. The van der Waals surface area contributed by atoms with Crippen LogP contribution in [0, 0.1) is 10.1 Å². The summed E-state index contributed by atoms with van der Waals surface area (Å²) in [5.41, 5.74) is 0.654. The summed E-state index contributed by atoms with van der Waals surface area (Å²) >= 11 is 1.23. The molecule has 132 valence electrons. The molecular formula is C18H19NO5S. The zero-order valence-electron chi connectivity index (χ0n) is 13.6. The summed E-state index contributed by atoms with van der Waals surface area (Å²) in [6, 6.07) is 16.4. The molecule has 1 N–H and O–H groups in total. The van der Waals surface area contributed by atoms with Gasteiger partial charge in [0.15, 0.2) is 0 Å². The van der Waals surface area contributed by atoms with Crippen LogP contribution >= 0.6 is 11.8 Å². The van der Waals surface area contributed by atoms with Gasteiger partial charge in [-0.15, -0.1) is 11.8 Å². The highest BCUT2D eigenvalue weighted by Crippen LogP contribution is 2.40. The Hall–Kier alpha value is -2.38. The topological polar surface area (TPSA) is 89.7 Å².